The van der Waals surface area contributed by atoms with Gasteiger partial charge >= 0.3 is 0 Å². The molecule has 0 aliphatic rings. The Morgan fingerprint density at radius 2 is 1.76 bits per heavy atom. The number of benzene rings is 2. The van der Waals surface area contributed by atoms with Gasteiger partial charge in [-0.2, -0.15) is 0 Å². The lowest BCUT2D eigenvalue weighted by molar-refractivity contribution is 0.215. The maximum Gasteiger partial charge on any atom is 0.129 e. The Kier molecular flexibility index (Phi) is 3.11. The highest BCUT2D eigenvalue weighted by Gasteiger charge is 2.14. The van der Waals surface area contributed by atoms with Crippen molar-refractivity contribution in [2.45, 2.75) is 13.0 Å². The normalized spacial score (nSPS) is 12.4. The first-order chi connectivity index (χ1) is 8.08. The van der Waals surface area contributed by atoms with E-state index in [2.05, 4.69) is 0 Å². The van der Waals surface area contributed by atoms with Gasteiger partial charge in [-0.05, 0) is 30.7 Å². The van der Waals surface area contributed by atoms with Crippen LogP contribution in [0.4, 0.5) is 10.1 Å². The van der Waals surface area contributed by atoms with E-state index in [1.807, 2.05) is 6.92 Å². The van der Waals surface area contributed by atoms with Gasteiger partial charge in [-0.1, -0.05) is 29.8 Å². The van der Waals surface area contributed by atoms with E-state index in [0.29, 0.717) is 11.3 Å². The molecule has 0 spiro atoms. The Morgan fingerprint density at radius 3 is 2.41 bits per heavy atom. The first-order valence-electron chi connectivity index (χ1n) is 5.37. The monoisotopic (exact) mass is 231 g/mol. The quantitative estimate of drug-likeness (QED) is 0.781. The second-order valence-corrected chi connectivity index (χ2v) is 4.09. The van der Waals surface area contributed by atoms with E-state index in [1.165, 1.54) is 6.07 Å². The first-order valence-corrected chi connectivity index (χ1v) is 5.37. The first kappa shape index (κ1) is 11.6. The van der Waals surface area contributed by atoms with Crippen molar-refractivity contribution in [2.75, 3.05) is 5.73 Å². The summed E-state index contributed by atoms with van der Waals surface area (Å²) in [6.07, 6.45) is -0.962. The number of rotatable bonds is 2. The van der Waals surface area contributed by atoms with Crippen LogP contribution in [-0.2, 0) is 0 Å². The average Bonchev–Trinajstić information content (AvgIpc) is 2.32. The molecular weight excluding hydrogens is 217 g/mol. The Labute approximate surface area is 99.5 Å². The summed E-state index contributed by atoms with van der Waals surface area (Å²) in [4.78, 5) is 0. The maximum atomic E-state index is 13.6. The van der Waals surface area contributed by atoms with Crippen LogP contribution >= 0.6 is 0 Å². The largest absolute Gasteiger partial charge is 0.399 e. The van der Waals surface area contributed by atoms with Crippen molar-refractivity contribution < 1.29 is 9.50 Å². The highest BCUT2D eigenvalue weighted by Crippen LogP contribution is 2.25. The minimum Gasteiger partial charge on any atom is -0.399 e. The number of aliphatic hydroxyl groups excluding tert-OH is 1. The SMILES string of the molecule is Cc1ccc(F)c(C(O)c2ccc(N)cc2)c1. The molecule has 1 unspecified atom stereocenters. The lowest BCUT2D eigenvalue weighted by atomic mass is 9.99. The molecular formula is C14H14FNO. The molecule has 1 atom stereocenters. The van der Waals surface area contributed by atoms with Crippen LogP contribution in [-0.4, -0.2) is 5.11 Å². The zero-order valence-electron chi connectivity index (χ0n) is 9.52. The molecule has 2 aromatic carbocycles. The topological polar surface area (TPSA) is 46.2 Å². The molecule has 0 saturated heterocycles. The molecule has 0 aliphatic heterocycles. The number of halogens is 1. The third-order valence-corrected chi connectivity index (χ3v) is 2.70. The van der Waals surface area contributed by atoms with Crippen molar-refractivity contribution in [1.82, 2.24) is 0 Å². The molecule has 0 amide bonds. The van der Waals surface area contributed by atoms with Crippen molar-refractivity contribution in [3.63, 3.8) is 0 Å². The fourth-order valence-corrected chi connectivity index (χ4v) is 1.73. The van der Waals surface area contributed by atoms with Gasteiger partial charge in [0.2, 0.25) is 0 Å². The minimum absolute atomic E-state index is 0.287. The summed E-state index contributed by atoms with van der Waals surface area (Å²) in [7, 11) is 0. The van der Waals surface area contributed by atoms with E-state index in [-0.39, 0.29) is 5.56 Å². The molecule has 0 heterocycles. The molecule has 0 bridgehead atoms. The van der Waals surface area contributed by atoms with Crippen LogP contribution in [0.25, 0.3) is 0 Å². The zero-order chi connectivity index (χ0) is 12.4. The Bertz CT molecular complexity index is 522. The van der Waals surface area contributed by atoms with E-state index >= 15 is 0 Å². The van der Waals surface area contributed by atoms with Gasteiger partial charge in [0.1, 0.15) is 11.9 Å². The van der Waals surface area contributed by atoms with Crippen molar-refractivity contribution in [3.05, 3.63) is 65.0 Å². The molecule has 2 nitrogen and oxygen atoms in total. The van der Waals surface area contributed by atoms with Crippen molar-refractivity contribution in [1.29, 1.82) is 0 Å². The van der Waals surface area contributed by atoms with Crippen molar-refractivity contribution >= 4 is 5.69 Å². The second kappa shape index (κ2) is 4.55. The van der Waals surface area contributed by atoms with Crippen molar-refractivity contribution in [2.24, 2.45) is 0 Å². The molecule has 17 heavy (non-hydrogen) atoms. The van der Waals surface area contributed by atoms with Gasteiger partial charge in [0.15, 0.2) is 0 Å². The number of hydrogen-bond donors (Lipinski definition) is 2. The summed E-state index contributed by atoms with van der Waals surface area (Å²) < 4.78 is 13.6. The molecule has 0 aromatic heterocycles. The second-order valence-electron chi connectivity index (χ2n) is 4.09. The predicted molar refractivity (Wildman–Crippen MR) is 66.1 cm³/mol. The molecule has 0 fully saturated rings. The number of aryl methyl sites for hydroxylation is 1. The molecule has 0 saturated carbocycles. The van der Waals surface area contributed by atoms with Crippen LogP contribution in [0, 0.1) is 12.7 Å². The summed E-state index contributed by atoms with van der Waals surface area (Å²) in [6.45, 7) is 1.86. The van der Waals surface area contributed by atoms with E-state index in [4.69, 9.17) is 5.73 Å². The van der Waals surface area contributed by atoms with Gasteiger partial charge in [0.05, 0.1) is 0 Å². The summed E-state index contributed by atoms with van der Waals surface area (Å²) in [5.41, 5.74) is 8.01. The smallest absolute Gasteiger partial charge is 0.129 e. The number of hydrogen-bond acceptors (Lipinski definition) is 2. The zero-order valence-corrected chi connectivity index (χ0v) is 9.52. The lowest BCUT2D eigenvalue weighted by Gasteiger charge is -2.13. The molecule has 2 aromatic rings. The minimum atomic E-state index is -0.962. The third-order valence-electron chi connectivity index (χ3n) is 2.70. The lowest BCUT2D eigenvalue weighted by Crippen LogP contribution is -2.03. The van der Waals surface area contributed by atoms with Crippen LogP contribution in [0.3, 0.4) is 0 Å². The molecule has 2 rings (SSSR count). The fraction of sp³-hybridized carbons (Fsp3) is 0.143. The van der Waals surface area contributed by atoms with Gasteiger partial charge in [-0.25, -0.2) is 4.39 Å². The highest BCUT2D eigenvalue weighted by atomic mass is 19.1. The molecule has 0 aliphatic carbocycles. The molecule has 3 N–H and O–H groups in total. The Hall–Kier alpha value is -1.87. The summed E-state index contributed by atoms with van der Waals surface area (Å²) >= 11 is 0. The fourth-order valence-electron chi connectivity index (χ4n) is 1.73. The van der Waals surface area contributed by atoms with Gasteiger partial charge in [0.25, 0.3) is 0 Å². The standard InChI is InChI=1S/C14H14FNO/c1-9-2-7-13(15)12(8-9)14(17)10-3-5-11(16)6-4-10/h2-8,14,17H,16H2,1H3. The average molecular weight is 231 g/mol. The Balaban J connectivity index is 2.39. The van der Waals surface area contributed by atoms with Crippen molar-refractivity contribution in [3.8, 4) is 0 Å². The summed E-state index contributed by atoms with van der Waals surface area (Å²) in [5, 5.41) is 10.1. The van der Waals surface area contributed by atoms with Gasteiger partial charge in [0, 0.05) is 11.3 Å². The van der Waals surface area contributed by atoms with E-state index in [1.54, 1.807) is 36.4 Å². The number of anilines is 1. The predicted octanol–water partition coefficient (Wildman–Crippen LogP) is 2.80. The van der Waals surface area contributed by atoms with Crippen LogP contribution in [0.2, 0.25) is 0 Å². The van der Waals surface area contributed by atoms with Crippen LogP contribution in [0.5, 0.6) is 0 Å². The van der Waals surface area contributed by atoms with E-state index < -0.39 is 11.9 Å². The van der Waals surface area contributed by atoms with Gasteiger partial charge < -0.3 is 10.8 Å². The number of nitrogen functional groups attached to an aromatic ring is 1. The number of nitrogens with two attached hydrogens (primary N) is 1. The van der Waals surface area contributed by atoms with Gasteiger partial charge in [-0.15, -0.1) is 0 Å². The Morgan fingerprint density at radius 1 is 1.12 bits per heavy atom. The van der Waals surface area contributed by atoms with E-state index in [0.717, 1.165) is 5.56 Å². The molecule has 0 radical (unpaired) electrons. The summed E-state index contributed by atoms with van der Waals surface area (Å²) in [5.74, 6) is -0.403. The van der Waals surface area contributed by atoms with Crippen LogP contribution in [0.15, 0.2) is 42.5 Å². The van der Waals surface area contributed by atoms with Gasteiger partial charge in [-0.3, -0.25) is 0 Å². The number of aliphatic hydroxyl groups is 1. The summed E-state index contributed by atoms with van der Waals surface area (Å²) in [6, 6.07) is 11.5. The maximum absolute atomic E-state index is 13.6. The van der Waals surface area contributed by atoms with Crippen LogP contribution in [0.1, 0.15) is 22.8 Å². The molecule has 3 heteroatoms. The highest BCUT2D eigenvalue weighted by molar-refractivity contribution is 5.42. The molecule has 88 valence electrons. The van der Waals surface area contributed by atoms with Crippen LogP contribution < -0.4 is 5.73 Å². The third kappa shape index (κ3) is 2.45. The van der Waals surface area contributed by atoms with E-state index in [9.17, 15) is 9.50 Å².